The van der Waals surface area contributed by atoms with E-state index in [9.17, 15) is 0 Å². The van der Waals surface area contributed by atoms with Crippen molar-refractivity contribution in [2.45, 2.75) is 6.54 Å². The number of aromatic nitrogens is 3. The van der Waals surface area contributed by atoms with Crippen LogP contribution < -0.4 is 5.73 Å². The first-order valence-corrected chi connectivity index (χ1v) is 9.60. The van der Waals surface area contributed by atoms with Crippen molar-refractivity contribution in [2.24, 2.45) is 5.41 Å². The number of fused-ring (bicyclic) bond motifs is 3. The minimum atomic E-state index is 0.471. The number of H-pyrrole nitrogens is 1. The van der Waals surface area contributed by atoms with E-state index in [4.69, 9.17) is 10.5 Å². The third-order valence-electron chi connectivity index (χ3n) is 5.98. The maximum atomic E-state index is 5.87. The third-order valence-corrected chi connectivity index (χ3v) is 5.98. The highest BCUT2D eigenvalue weighted by molar-refractivity contribution is 6.07. The molecule has 28 heavy (non-hydrogen) atoms. The monoisotopic (exact) mass is 371 g/mol. The quantitative estimate of drug-likeness (QED) is 0.578. The Labute approximate surface area is 162 Å². The van der Waals surface area contributed by atoms with Crippen molar-refractivity contribution in [3.8, 4) is 11.1 Å². The van der Waals surface area contributed by atoms with E-state index in [0.29, 0.717) is 11.2 Å². The highest BCUT2D eigenvalue weighted by Gasteiger charge is 2.48. The Balaban J connectivity index is 1.26. The molecule has 6 nitrogen and oxygen atoms in total. The SMILES string of the molecule is Nc1cc2c(cn1)[nH]c1ncc(-c3ccc(CN4CC5(COC5)C4)cc3)cc12. The van der Waals surface area contributed by atoms with Gasteiger partial charge in [0, 0.05) is 47.6 Å². The maximum absolute atomic E-state index is 5.87. The summed E-state index contributed by atoms with van der Waals surface area (Å²) in [5.41, 5.74) is 11.8. The molecule has 4 aromatic rings. The number of pyridine rings is 2. The second kappa shape index (κ2) is 5.77. The number of ether oxygens (including phenoxy) is 1. The second-order valence-electron chi connectivity index (χ2n) is 8.23. The summed E-state index contributed by atoms with van der Waals surface area (Å²) >= 11 is 0. The van der Waals surface area contributed by atoms with Gasteiger partial charge in [0.25, 0.3) is 0 Å². The van der Waals surface area contributed by atoms with Crippen LogP contribution in [0.4, 0.5) is 5.82 Å². The third kappa shape index (κ3) is 2.49. The molecule has 3 aromatic heterocycles. The van der Waals surface area contributed by atoms with Crippen molar-refractivity contribution in [3.63, 3.8) is 0 Å². The van der Waals surface area contributed by atoms with Gasteiger partial charge in [0.05, 0.1) is 24.9 Å². The van der Waals surface area contributed by atoms with Gasteiger partial charge in [-0.15, -0.1) is 0 Å². The van der Waals surface area contributed by atoms with E-state index in [0.717, 1.165) is 60.3 Å². The van der Waals surface area contributed by atoms with Crippen LogP contribution in [-0.4, -0.2) is 46.2 Å². The van der Waals surface area contributed by atoms with Gasteiger partial charge in [-0.05, 0) is 23.3 Å². The lowest BCUT2D eigenvalue weighted by molar-refractivity contribution is -0.191. The van der Waals surface area contributed by atoms with Gasteiger partial charge in [-0.1, -0.05) is 24.3 Å². The largest absolute Gasteiger partial charge is 0.384 e. The Morgan fingerprint density at radius 3 is 2.57 bits per heavy atom. The number of anilines is 1. The van der Waals surface area contributed by atoms with Crippen LogP contribution in [0.5, 0.6) is 0 Å². The molecule has 0 aliphatic carbocycles. The van der Waals surface area contributed by atoms with Crippen molar-refractivity contribution in [1.29, 1.82) is 0 Å². The van der Waals surface area contributed by atoms with Gasteiger partial charge in [-0.3, -0.25) is 4.90 Å². The number of likely N-dealkylation sites (tertiary alicyclic amines) is 1. The zero-order valence-corrected chi connectivity index (χ0v) is 15.5. The predicted octanol–water partition coefficient (Wildman–Crippen LogP) is 3.19. The molecule has 2 aliphatic rings. The van der Waals surface area contributed by atoms with Crippen LogP contribution >= 0.6 is 0 Å². The highest BCUT2D eigenvalue weighted by Crippen LogP contribution is 2.38. The smallest absolute Gasteiger partial charge is 0.138 e. The number of rotatable bonds is 3. The first-order valence-electron chi connectivity index (χ1n) is 9.60. The van der Waals surface area contributed by atoms with Crippen molar-refractivity contribution in [3.05, 3.63) is 54.4 Å². The van der Waals surface area contributed by atoms with E-state index >= 15 is 0 Å². The summed E-state index contributed by atoms with van der Waals surface area (Å²) in [6, 6.07) is 12.9. The van der Waals surface area contributed by atoms with Gasteiger partial charge in [-0.25, -0.2) is 9.97 Å². The fraction of sp³-hybridized carbons (Fsp3) is 0.273. The summed E-state index contributed by atoms with van der Waals surface area (Å²) < 4.78 is 5.36. The summed E-state index contributed by atoms with van der Waals surface area (Å²) in [6.45, 7) is 5.21. The number of hydrogen-bond donors (Lipinski definition) is 2. The zero-order valence-electron chi connectivity index (χ0n) is 15.5. The van der Waals surface area contributed by atoms with Crippen molar-refractivity contribution in [1.82, 2.24) is 19.9 Å². The molecule has 1 aromatic carbocycles. The number of nitrogens with two attached hydrogens (primary N) is 1. The first kappa shape index (κ1) is 16.0. The Bertz CT molecular complexity index is 1180. The standard InChI is InChI=1S/C22H21N5O/c23-20-6-17-18-5-16(7-25-21(18)26-19(17)8-24-20)15-3-1-14(2-4-15)9-27-10-22(11-27)12-28-13-22/h1-8H,9-13H2,(H2,23,24)(H,25,26). The van der Waals surface area contributed by atoms with Gasteiger partial charge in [0.2, 0.25) is 0 Å². The van der Waals surface area contributed by atoms with Gasteiger partial charge in [0.1, 0.15) is 11.5 Å². The van der Waals surface area contributed by atoms with Crippen LogP contribution in [0.25, 0.3) is 33.1 Å². The molecule has 0 unspecified atom stereocenters. The number of nitrogen functional groups attached to an aromatic ring is 1. The lowest BCUT2D eigenvalue weighted by Gasteiger charge is -2.55. The molecule has 0 atom stereocenters. The molecule has 2 fully saturated rings. The van der Waals surface area contributed by atoms with Crippen LogP contribution in [0, 0.1) is 5.41 Å². The van der Waals surface area contributed by atoms with Crippen LogP contribution in [0.3, 0.4) is 0 Å². The average molecular weight is 371 g/mol. The maximum Gasteiger partial charge on any atom is 0.138 e. The van der Waals surface area contributed by atoms with Gasteiger partial charge in [0.15, 0.2) is 0 Å². The van der Waals surface area contributed by atoms with Gasteiger partial charge < -0.3 is 15.5 Å². The molecule has 3 N–H and O–H groups in total. The van der Waals surface area contributed by atoms with E-state index < -0.39 is 0 Å². The molecule has 0 amide bonds. The zero-order chi connectivity index (χ0) is 18.7. The molecule has 140 valence electrons. The van der Waals surface area contributed by atoms with E-state index in [2.05, 4.69) is 50.2 Å². The average Bonchev–Trinajstić information content (AvgIpc) is 3.00. The van der Waals surface area contributed by atoms with Crippen molar-refractivity contribution < 1.29 is 4.74 Å². The molecule has 5 heterocycles. The van der Waals surface area contributed by atoms with Crippen LogP contribution in [0.1, 0.15) is 5.56 Å². The Morgan fingerprint density at radius 2 is 1.82 bits per heavy atom. The molecule has 1 spiro atoms. The fourth-order valence-corrected chi connectivity index (χ4v) is 4.50. The summed E-state index contributed by atoms with van der Waals surface area (Å²) in [5.74, 6) is 0.518. The summed E-state index contributed by atoms with van der Waals surface area (Å²) in [7, 11) is 0. The minimum absolute atomic E-state index is 0.471. The summed E-state index contributed by atoms with van der Waals surface area (Å²) in [5, 5.41) is 2.12. The molecular weight excluding hydrogens is 350 g/mol. The first-order chi connectivity index (χ1) is 13.7. The number of hydrogen-bond acceptors (Lipinski definition) is 5. The van der Waals surface area contributed by atoms with Crippen LogP contribution in [0.2, 0.25) is 0 Å². The molecule has 2 aliphatic heterocycles. The molecule has 2 saturated heterocycles. The minimum Gasteiger partial charge on any atom is -0.384 e. The molecule has 6 heteroatoms. The molecule has 0 saturated carbocycles. The van der Waals surface area contributed by atoms with Crippen LogP contribution in [-0.2, 0) is 11.3 Å². The van der Waals surface area contributed by atoms with E-state index in [1.807, 2.05) is 12.3 Å². The molecule has 6 rings (SSSR count). The van der Waals surface area contributed by atoms with E-state index in [-0.39, 0.29) is 0 Å². The molecule has 0 bridgehead atoms. The lowest BCUT2D eigenvalue weighted by Crippen LogP contribution is -2.65. The van der Waals surface area contributed by atoms with Crippen molar-refractivity contribution in [2.75, 3.05) is 32.0 Å². The van der Waals surface area contributed by atoms with E-state index in [1.54, 1.807) is 6.20 Å². The Hall–Kier alpha value is -2.96. The highest BCUT2D eigenvalue weighted by atomic mass is 16.5. The number of nitrogens with one attached hydrogen (secondary N) is 1. The Morgan fingerprint density at radius 1 is 1.00 bits per heavy atom. The predicted molar refractivity (Wildman–Crippen MR) is 110 cm³/mol. The summed E-state index contributed by atoms with van der Waals surface area (Å²) in [4.78, 5) is 14.6. The van der Waals surface area contributed by atoms with Crippen molar-refractivity contribution >= 4 is 27.8 Å². The Kier molecular flexibility index (Phi) is 3.30. The van der Waals surface area contributed by atoms with Gasteiger partial charge in [-0.2, -0.15) is 0 Å². The molecular formula is C22H21N5O. The number of benzene rings is 1. The summed E-state index contributed by atoms with van der Waals surface area (Å²) in [6.07, 6.45) is 3.68. The topological polar surface area (TPSA) is 80.1 Å². The normalized spacial score (nSPS) is 18.4. The van der Waals surface area contributed by atoms with Crippen LogP contribution in [0.15, 0.2) is 48.8 Å². The van der Waals surface area contributed by atoms with E-state index in [1.165, 1.54) is 11.1 Å². The number of nitrogens with zero attached hydrogens (tertiary/aromatic N) is 3. The van der Waals surface area contributed by atoms with Gasteiger partial charge >= 0.3 is 0 Å². The number of aromatic amines is 1. The lowest BCUT2D eigenvalue weighted by atomic mass is 9.78. The molecule has 0 radical (unpaired) electrons. The second-order valence-corrected chi connectivity index (χ2v) is 8.23. The fourth-order valence-electron chi connectivity index (χ4n) is 4.50.